The van der Waals surface area contributed by atoms with Gasteiger partial charge in [-0.1, -0.05) is 43.2 Å². The number of thioether (sulfide) groups is 1. The number of likely N-dealkylation sites (N-methyl/N-ethyl adjacent to an activating group) is 1. The van der Waals surface area contributed by atoms with Crippen molar-refractivity contribution in [1.82, 2.24) is 4.90 Å². The van der Waals surface area contributed by atoms with Gasteiger partial charge in [0.15, 0.2) is 0 Å². The lowest BCUT2D eigenvalue weighted by Gasteiger charge is -2.24. The van der Waals surface area contributed by atoms with E-state index in [2.05, 4.69) is 18.7 Å². The van der Waals surface area contributed by atoms with Gasteiger partial charge in [-0.25, -0.2) is 0 Å². The zero-order valence-electron chi connectivity index (χ0n) is 14.7. The van der Waals surface area contributed by atoms with Gasteiger partial charge in [-0.2, -0.15) is 11.8 Å². The Balaban J connectivity index is 1.51. The minimum Gasteiger partial charge on any atom is -0.338 e. The summed E-state index contributed by atoms with van der Waals surface area (Å²) in [6.07, 6.45) is 12.0. The summed E-state index contributed by atoms with van der Waals surface area (Å²) in [7, 11) is 0. The first-order chi connectivity index (χ1) is 11.8. The maximum absolute atomic E-state index is 12.5. The van der Waals surface area contributed by atoms with Gasteiger partial charge in [-0.3, -0.25) is 4.79 Å². The van der Waals surface area contributed by atoms with E-state index in [1.807, 2.05) is 41.3 Å². The molecule has 1 aromatic carbocycles. The molecule has 2 atom stereocenters. The van der Waals surface area contributed by atoms with E-state index >= 15 is 0 Å². The molecule has 2 unspecified atom stereocenters. The topological polar surface area (TPSA) is 20.3 Å². The van der Waals surface area contributed by atoms with E-state index in [4.69, 9.17) is 0 Å². The number of benzene rings is 1. The van der Waals surface area contributed by atoms with Crippen LogP contribution in [0.5, 0.6) is 0 Å². The Hall–Kier alpha value is -1.22. The summed E-state index contributed by atoms with van der Waals surface area (Å²) >= 11 is 2.17. The largest absolute Gasteiger partial charge is 0.338 e. The fraction of sp³-hybridized carbons (Fsp3) is 0.571. The van der Waals surface area contributed by atoms with Crippen molar-refractivity contribution in [3.05, 3.63) is 42.0 Å². The highest BCUT2D eigenvalue weighted by Crippen LogP contribution is 2.43. The van der Waals surface area contributed by atoms with E-state index in [-0.39, 0.29) is 5.91 Å². The second-order valence-corrected chi connectivity index (χ2v) is 8.58. The summed E-state index contributed by atoms with van der Waals surface area (Å²) in [6.45, 7) is 3.79. The number of hydrogen-bond donors (Lipinski definition) is 0. The molecule has 0 N–H and O–H groups in total. The fourth-order valence-electron chi connectivity index (χ4n) is 4.00. The second kappa shape index (κ2) is 8.75. The Labute approximate surface area is 150 Å². The molecule has 130 valence electrons. The molecule has 3 rings (SSSR count). The number of nitrogens with zero attached hydrogens (tertiary/aromatic N) is 1. The minimum absolute atomic E-state index is 0.145. The van der Waals surface area contributed by atoms with Gasteiger partial charge >= 0.3 is 0 Å². The quantitative estimate of drug-likeness (QED) is 0.677. The van der Waals surface area contributed by atoms with Gasteiger partial charge in [0, 0.05) is 29.7 Å². The van der Waals surface area contributed by atoms with Gasteiger partial charge in [0.2, 0.25) is 5.91 Å². The molecule has 0 bridgehead atoms. The third kappa shape index (κ3) is 4.66. The zero-order chi connectivity index (χ0) is 16.8. The Morgan fingerprint density at radius 2 is 1.92 bits per heavy atom. The molecular weight excluding hydrogens is 314 g/mol. The summed E-state index contributed by atoms with van der Waals surface area (Å²) in [5.41, 5.74) is 1.08. The Kier molecular flexibility index (Phi) is 6.42. The summed E-state index contributed by atoms with van der Waals surface area (Å²) in [4.78, 5) is 14.5. The number of rotatable bonds is 6. The highest BCUT2D eigenvalue weighted by atomic mass is 32.2. The average molecular weight is 344 g/mol. The Morgan fingerprint density at radius 3 is 2.62 bits per heavy atom. The number of carbonyl (C=O) groups excluding carboxylic acids is 1. The lowest BCUT2D eigenvalue weighted by Crippen LogP contribution is -2.34. The monoisotopic (exact) mass is 343 g/mol. The van der Waals surface area contributed by atoms with E-state index in [0.29, 0.717) is 5.25 Å². The lowest BCUT2D eigenvalue weighted by atomic mass is 9.99. The molecule has 1 aromatic rings. The van der Waals surface area contributed by atoms with Crippen LogP contribution in [0.15, 0.2) is 36.4 Å². The van der Waals surface area contributed by atoms with Crippen molar-refractivity contribution >= 4 is 23.7 Å². The van der Waals surface area contributed by atoms with Crippen LogP contribution in [0.2, 0.25) is 0 Å². The highest BCUT2D eigenvalue weighted by molar-refractivity contribution is 8.00. The van der Waals surface area contributed by atoms with Gasteiger partial charge in [0.25, 0.3) is 0 Å². The first-order valence-corrected chi connectivity index (χ1v) is 10.4. The highest BCUT2D eigenvalue weighted by Gasteiger charge is 2.33. The van der Waals surface area contributed by atoms with E-state index in [1.165, 1.54) is 38.5 Å². The fourth-order valence-corrected chi connectivity index (χ4v) is 5.80. The first kappa shape index (κ1) is 17.6. The third-order valence-corrected chi connectivity index (χ3v) is 7.14. The van der Waals surface area contributed by atoms with Crippen LogP contribution >= 0.6 is 11.8 Å². The summed E-state index contributed by atoms with van der Waals surface area (Å²) in [6, 6.07) is 10.0. The second-order valence-electron chi connectivity index (χ2n) is 7.04. The molecule has 1 aliphatic carbocycles. The van der Waals surface area contributed by atoms with Crippen molar-refractivity contribution in [2.24, 2.45) is 5.92 Å². The molecule has 2 aliphatic rings. The molecule has 1 amide bonds. The van der Waals surface area contributed by atoms with E-state index < -0.39 is 0 Å². The van der Waals surface area contributed by atoms with E-state index in [9.17, 15) is 4.79 Å². The maximum Gasteiger partial charge on any atom is 0.246 e. The van der Waals surface area contributed by atoms with Gasteiger partial charge in [0.1, 0.15) is 0 Å². The molecule has 2 fully saturated rings. The van der Waals surface area contributed by atoms with Crippen molar-refractivity contribution in [3.63, 3.8) is 0 Å². The molecule has 1 saturated heterocycles. The van der Waals surface area contributed by atoms with Gasteiger partial charge in [-0.05, 0) is 50.2 Å². The predicted octanol–water partition coefficient (Wildman–Crippen LogP) is 5.00. The van der Waals surface area contributed by atoms with Crippen LogP contribution in [0.4, 0.5) is 0 Å². The molecule has 0 spiro atoms. The average Bonchev–Trinajstić information content (AvgIpc) is 3.29. The van der Waals surface area contributed by atoms with Crippen molar-refractivity contribution < 1.29 is 4.79 Å². The van der Waals surface area contributed by atoms with Crippen LogP contribution in [0.1, 0.15) is 51.0 Å². The number of hydrogen-bond acceptors (Lipinski definition) is 2. The standard InChI is InChI=1S/C21H29NOS/c1-2-22(21(23)15-12-17-8-4-3-5-9-17)16-19-13-14-20(24-19)18-10-6-7-11-18/h3-5,8-9,12,15,18-20H,2,6-7,10-11,13-14,16H2,1H3/b15-12+. The molecule has 3 heteroatoms. The normalized spacial score (nSPS) is 24.7. The van der Waals surface area contributed by atoms with E-state index in [1.54, 1.807) is 6.08 Å². The first-order valence-electron chi connectivity index (χ1n) is 9.43. The molecular formula is C21H29NOS. The molecule has 24 heavy (non-hydrogen) atoms. The zero-order valence-corrected chi connectivity index (χ0v) is 15.5. The Bertz CT molecular complexity index is 550. The van der Waals surface area contributed by atoms with Crippen LogP contribution < -0.4 is 0 Å². The molecule has 1 aliphatic heterocycles. The summed E-state index contributed by atoms with van der Waals surface area (Å²) < 4.78 is 0. The maximum atomic E-state index is 12.5. The van der Waals surface area contributed by atoms with Crippen LogP contribution in [0.3, 0.4) is 0 Å². The predicted molar refractivity (Wildman–Crippen MR) is 104 cm³/mol. The van der Waals surface area contributed by atoms with Crippen LogP contribution in [-0.2, 0) is 4.79 Å². The van der Waals surface area contributed by atoms with Gasteiger partial charge in [-0.15, -0.1) is 0 Å². The van der Waals surface area contributed by atoms with Crippen molar-refractivity contribution in [2.75, 3.05) is 13.1 Å². The lowest BCUT2D eigenvalue weighted by molar-refractivity contribution is -0.125. The van der Waals surface area contributed by atoms with Gasteiger partial charge < -0.3 is 4.90 Å². The van der Waals surface area contributed by atoms with Crippen LogP contribution in [0.25, 0.3) is 6.08 Å². The third-order valence-electron chi connectivity index (χ3n) is 5.40. The molecule has 1 saturated carbocycles. The Morgan fingerprint density at radius 1 is 1.17 bits per heavy atom. The number of amides is 1. The van der Waals surface area contributed by atoms with Crippen LogP contribution in [0, 0.1) is 5.92 Å². The molecule has 0 radical (unpaired) electrons. The smallest absolute Gasteiger partial charge is 0.246 e. The van der Waals surface area contributed by atoms with Crippen molar-refractivity contribution in [3.8, 4) is 0 Å². The SMILES string of the molecule is CCN(CC1CCC(C2CCCC2)S1)C(=O)/C=C/c1ccccc1. The minimum atomic E-state index is 0.145. The molecule has 1 heterocycles. The van der Waals surface area contributed by atoms with Crippen molar-refractivity contribution in [1.29, 1.82) is 0 Å². The summed E-state index contributed by atoms with van der Waals surface area (Å²) in [5, 5.41) is 1.48. The molecule has 0 aromatic heterocycles. The number of carbonyl (C=O) groups is 1. The van der Waals surface area contributed by atoms with Crippen LogP contribution in [-0.4, -0.2) is 34.4 Å². The molecule has 2 nitrogen and oxygen atoms in total. The van der Waals surface area contributed by atoms with Crippen molar-refractivity contribution in [2.45, 2.75) is 55.9 Å². The van der Waals surface area contributed by atoms with E-state index in [0.717, 1.165) is 29.8 Å². The van der Waals surface area contributed by atoms with Gasteiger partial charge in [0.05, 0.1) is 0 Å². The summed E-state index contributed by atoms with van der Waals surface area (Å²) in [5.74, 6) is 1.09.